The Morgan fingerprint density at radius 2 is 2.36 bits per heavy atom. The Balaban J connectivity index is 1.94. The second kappa shape index (κ2) is 3.87. The van der Waals surface area contributed by atoms with Gasteiger partial charge in [0.2, 0.25) is 5.91 Å². The van der Waals surface area contributed by atoms with Gasteiger partial charge in [-0.2, -0.15) is 0 Å². The summed E-state index contributed by atoms with van der Waals surface area (Å²) < 4.78 is 0. The first-order chi connectivity index (χ1) is 6.68. The van der Waals surface area contributed by atoms with Crippen LogP contribution in [0.4, 0.5) is 0 Å². The predicted octanol–water partition coefficient (Wildman–Crippen LogP) is -0.456. The van der Waals surface area contributed by atoms with Gasteiger partial charge in [-0.1, -0.05) is 0 Å². The number of nitrogens with two attached hydrogens (primary N) is 1. The number of amides is 1. The van der Waals surface area contributed by atoms with Crippen LogP contribution < -0.4 is 11.1 Å². The van der Waals surface area contributed by atoms with Crippen molar-refractivity contribution < 1.29 is 4.79 Å². The molecule has 4 heteroatoms. The fourth-order valence-corrected chi connectivity index (χ4v) is 2.54. The van der Waals surface area contributed by atoms with E-state index in [1.54, 1.807) is 6.92 Å². The molecule has 0 aromatic rings. The van der Waals surface area contributed by atoms with Crippen LogP contribution in [-0.4, -0.2) is 42.5 Å². The zero-order chi connectivity index (χ0) is 10.1. The Kier molecular flexibility index (Phi) is 2.74. The molecule has 0 aromatic heterocycles. The van der Waals surface area contributed by atoms with Crippen LogP contribution in [0.5, 0.6) is 0 Å². The highest BCUT2D eigenvalue weighted by Gasteiger charge is 2.34. The van der Waals surface area contributed by atoms with Gasteiger partial charge in [0.15, 0.2) is 0 Å². The van der Waals surface area contributed by atoms with Gasteiger partial charge in [-0.15, -0.1) is 0 Å². The lowest BCUT2D eigenvalue weighted by molar-refractivity contribution is -0.134. The van der Waals surface area contributed by atoms with Crippen molar-refractivity contribution in [1.82, 2.24) is 10.2 Å². The van der Waals surface area contributed by atoms with Crippen LogP contribution in [0.3, 0.4) is 0 Å². The number of carbonyl (C=O) groups excluding carboxylic acids is 1. The van der Waals surface area contributed by atoms with Gasteiger partial charge in [-0.05, 0) is 32.2 Å². The molecule has 4 nitrogen and oxygen atoms in total. The van der Waals surface area contributed by atoms with Crippen molar-refractivity contribution in [3.8, 4) is 0 Å². The maximum absolute atomic E-state index is 11.7. The van der Waals surface area contributed by atoms with Gasteiger partial charge in [0.05, 0.1) is 6.04 Å². The number of likely N-dealkylation sites (tertiary alicyclic amines) is 1. The normalized spacial score (nSPS) is 34.0. The Labute approximate surface area is 84.8 Å². The molecule has 2 fully saturated rings. The van der Waals surface area contributed by atoms with Crippen molar-refractivity contribution in [2.45, 2.75) is 31.8 Å². The molecule has 0 aromatic carbocycles. The average Bonchev–Trinajstić information content (AvgIpc) is 2.62. The highest BCUT2D eigenvalue weighted by Crippen LogP contribution is 2.24. The fourth-order valence-electron chi connectivity index (χ4n) is 2.54. The van der Waals surface area contributed by atoms with E-state index in [0.717, 1.165) is 26.1 Å². The molecule has 0 bridgehead atoms. The van der Waals surface area contributed by atoms with Crippen molar-refractivity contribution in [3.63, 3.8) is 0 Å². The Morgan fingerprint density at radius 3 is 3.07 bits per heavy atom. The van der Waals surface area contributed by atoms with E-state index in [1.165, 1.54) is 6.42 Å². The topological polar surface area (TPSA) is 58.4 Å². The van der Waals surface area contributed by atoms with Crippen LogP contribution in [-0.2, 0) is 4.79 Å². The van der Waals surface area contributed by atoms with Gasteiger partial charge < -0.3 is 16.0 Å². The van der Waals surface area contributed by atoms with Gasteiger partial charge in [0.1, 0.15) is 0 Å². The highest BCUT2D eigenvalue weighted by molar-refractivity contribution is 5.81. The molecule has 0 spiro atoms. The molecule has 3 unspecified atom stereocenters. The standard InChI is InChI=1S/C10H19N3O/c1-7(11)10(14)13-5-3-9-8(6-13)2-4-12-9/h7-9,12H,2-6,11H2,1H3. The van der Waals surface area contributed by atoms with Gasteiger partial charge >= 0.3 is 0 Å². The lowest BCUT2D eigenvalue weighted by Gasteiger charge is -2.35. The van der Waals surface area contributed by atoms with Crippen LogP contribution in [0.2, 0.25) is 0 Å². The largest absolute Gasteiger partial charge is 0.341 e. The molecule has 80 valence electrons. The first kappa shape index (κ1) is 9.93. The third-order valence-corrected chi connectivity index (χ3v) is 3.36. The second-order valence-corrected chi connectivity index (χ2v) is 4.47. The number of hydrogen-bond acceptors (Lipinski definition) is 3. The van der Waals surface area contributed by atoms with Crippen molar-refractivity contribution in [2.75, 3.05) is 19.6 Å². The van der Waals surface area contributed by atoms with Gasteiger partial charge in [0.25, 0.3) is 0 Å². The molecule has 2 rings (SSSR count). The first-order valence-electron chi connectivity index (χ1n) is 5.46. The van der Waals surface area contributed by atoms with Crippen molar-refractivity contribution >= 4 is 5.91 Å². The summed E-state index contributed by atoms with van der Waals surface area (Å²) in [6, 6.07) is 0.299. The zero-order valence-electron chi connectivity index (χ0n) is 8.70. The Morgan fingerprint density at radius 1 is 1.57 bits per heavy atom. The van der Waals surface area contributed by atoms with E-state index >= 15 is 0 Å². The third-order valence-electron chi connectivity index (χ3n) is 3.36. The number of nitrogens with one attached hydrogen (secondary N) is 1. The van der Waals surface area contributed by atoms with Gasteiger partial charge in [0, 0.05) is 19.1 Å². The minimum atomic E-state index is -0.346. The molecular formula is C10H19N3O. The summed E-state index contributed by atoms with van der Waals surface area (Å²) in [7, 11) is 0. The Hall–Kier alpha value is -0.610. The van der Waals surface area contributed by atoms with E-state index < -0.39 is 0 Å². The van der Waals surface area contributed by atoms with Crippen molar-refractivity contribution in [3.05, 3.63) is 0 Å². The molecule has 14 heavy (non-hydrogen) atoms. The lowest BCUT2D eigenvalue weighted by Crippen LogP contribution is -2.51. The first-order valence-corrected chi connectivity index (χ1v) is 5.46. The number of piperidine rings is 1. The summed E-state index contributed by atoms with van der Waals surface area (Å²) >= 11 is 0. The maximum atomic E-state index is 11.7. The quantitative estimate of drug-likeness (QED) is 0.598. The maximum Gasteiger partial charge on any atom is 0.239 e. The van der Waals surface area contributed by atoms with E-state index in [1.807, 2.05) is 4.90 Å². The van der Waals surface area contributed by atoms with E-state index in [0.29, 0.717) is 12.0 Å². The smallest absolute Gasteiger partial charge is 0.239 e. The average molecular weight is 197 g/mol. The molecule has 0 aliphatic carbocycles. The van der Waals surface area contributed by atoms with E-state index in [-0.39, 0.29) is 11.9 Å². The third kappa shape index (κ3) is 1.77. The van der Waals surface area contributed by atoms with Crippen LogP contribution in [0.25, 0.3) is 0 Å². The van der Waals surface area contributed by atoms with E-state index in [4.69, 9.17) is 5.73 Å². The molecule has 2 saturated heterocycles. The molecule has 0 saturated carbocycles. The summed E-state index contributed by atoms with van der Waals surface area (Å²) in [6.07, 6.45) is 2.29. The highest BCUT2D eigenvalue weighted by atomic mass is 16.2. The molecule has 0 radical (unpaired) electrons. The number of carbonyl (C=O) groups is 1. The number of fused-ring (bicyclic) bond motifs is 1. The predicted molar refractivity (Wildman–Crippen MR) is 54.7 cm³/mol. The molecule has 1 amide bonds. The van der Waals surface area contributed by atoms with Crippen LogP contribution >= 0.6 is 0 Å². The summed E-state index contributed by atoms with van der Waals surface area (Å²) in [4.78, 5) is 13.6. The van der Waals surface area contributed by atoms with E-state index in [9.17, 15) is 4.79 Å². The SMILES string of the molecule is CC(N)C(=O)N1CCC2NCCC2C1. The molecular weight excluding hydrogens is 178 g/mol. The summed E-state index contributed by atoms with van der Waals surface area (Å²) in [5, 5.41) is 3.48. The molecule has 3 N–H and O–H groups in total. The molecule has 2 aliphatic rings. The fraction of sp³-hybridized carbons (Fsp3) is 0.900. The molecule has 2 heterocycles. The minimum absolute atomic E-state index is 0.107. The number of rotatable bonds is 1. The molecule has 3 atom stereocenters. The van der Waals surface area contributed by atoms with Gasteiger partial charge in [-0.3, -0.25) is 4.79 Å². The molecule has 2 aliphatic heterocycles. The number of nitrogens with zero attached hydrogens (tertiary/aromatic N) is 1. The van der Waals surface area contributed by atoms with Crippen molar-refractivity contribution in [2.24, 2.45) is 11.7 Å². The summed E-state index contributed by atoms with van der Waals surface area (Å²) in [6.45, 7) is 4.64. The summed E-state index contributed by atoms with van der Waals surface area (Å²) in [5.41, 5.74) is 5.60. The summed E-state index contributed by atoms with van der Waals surface area (Å²) in [5.74, 6) is 0.766. The van der Waals surface area contributed by atoms with E-state index in [2.05, 4.69) is 5.32 Å². The van der Waals surface area contributed by atoms with Gasteiger partial charge in [-0.25, -0.2) is 0 Å². The lowest BCUT2D eigenvalue weighted by atomic mass is 9.93. The van der Waals surface area contributed by atoms with Crippen LogP contribution in [0, 0.1) is 5.92 Å². The Bertz CT molecular complexity index is 229. The zero-order valence-corrected chi connectivity index (χ0v) is 8.70. The number of hydrogen-bond donors (Lipinski definition) is 2. The second-order valence-electron chi connectivity index (χ2n) is 4.47. The monoisotopic (exact) mass is 197 g/mol. The van der Waals surface area contributed by atoms with Crippen LogP contribution in [0.15, 0.2) is 0 Å². The van der Waals surface area contributed by atoms with Crippen LogP contribution in [0.1, 0.15) is 19.8 Å². The minimum Gasteiger partial charge on any atom is -0.341 e. The van der Waals surface area contributed by atoms with Crippen molar-refractivity contribution in [1.29, 1.82) is 0 Å².